The molecule has 0 bridgehead atoms. The molecule has 6 nitrogen and oxygen atoms in total. The number of hydrogen-bond acceptors (Lipinski definition) is 4. The number of ether oxygens (including phenoxy) is 3. The lowest BCUT2D eigenvalue weighted by molar-refractivity contribution is 0.347. The minimum absolute atomic E-state index is 0. The summed E-state index contributed by atoms with van der Waals surface area (Å²) in [4.78, 5) is 6.71. The fourth-order valence-corrected chi connectivity index (χ4v) is 2.78. The van der Waals surface area contributed by atoms with E-state index in [9.17, 15) is 0 Å². The molecule has 1 saturated heterocycles. The third-order valence-corrected chi connectivity index (χ3v) is 4.13. The van der Waals surface area contributed by atoms with Gasteiger partial charge in [0.1, 0.15) is 5.75 Å². The molecule has 0 radical (unpaired) electrons. The summed E-state index contributed by atoms with van der Waals surface area (Å²) >= 11 is 0. The maximum absolute atomic E-state index is 6.16. The Labute approximate surface area is 161 Å². The molecule has 0 unspecified atom stereocenters. The van der Waals surface area contributed by atoms with Gasteiger partial charge >= 0.3 is 0 Å². The van der Waals surface area contributed by atoms with Crippen LogP contribution in [0.4, 0.5) is 0 Å². The van der Waals surface area contributed by atoms with Crippen molar-refractivity contribution in [1.29, 1.82) is 0 Å². The highest BCUT2D eigenvalue weighted by Crippen LogP contribution is 2.34. The van der Waals surface area contributed by atoms with Crippen LogP contribution in [-0.2, 0) is 6.54 Å². The summed E-state index contributed by atoms with van der Waals surface area (Å²) in [6.45, 7) is 2.42. The summed E-state index contributed by atoms with van der Waals surface area (Å²) in [5, 5.41) is 0. The van der Waals surface area contributed by atoms with E-state index in [0.717, 1.165) is 24.4 Å². The molecule has 0 amide bonds. The molecule has 0 aliphatic carbocycles. The van der Waals surface area contributed by atoms with Crippen LogP contribution in [0.1, 0.15) is 31.2 Å². The fraction of sp³-hybridized carbons (Fsp3) is 0.588. The van der Waals surface area contributed by atoms with Gasteiger partial charge in [-0.05, 0) is 18.9 Å². The predicted octanol–water partition coefficient (Wildman–Crippen LogP) is 3.02. The van der Waals surface area contributed by atoms with Crippen LogP contribution in [0.5, 0.6) is 17.2 Å². The molecule has 1 aromatic carbocycles. The van der Waals surface area contributed by atoms with Crippen molar-refractivity contribution in [2.75, 3.05) is 34.4 Å². The van der Waals surface area contributed by atoms with E-state index in [1.807, 2.05) is 12.1 Å². The number of nitrogens with two attached hydrogens (primary N) is 1. The van der Waals surface area contributed by atoms with Crippen molar-refractivity contribution in [2.24, 2.45) is 10.7 Å². The average Bonchev–Trinajstić information content (AvgIpc) is 2.88. The van der Waals surface area contributed by atoms with Gasteiger partial charge in [-0.3, -0.25) is 0 Å². The normalized spacial score (nSPS) is 15.3. The number of hydrogen-bond donors (Lipinski definition) is 1. The van der Waals surface area contributed by atoms with E-state index in [2.05, 4.69) is 9.89 Å². The van der Waals surface area contributed by atoms with Gasteiger partial charge in [-0.25, -0.2) is 4.99 Å². The van der Waals surface area contributed by atoms with Crippen molar-refractivity contribution in [3.05, 3.63) is 17.7 Å². The SMILES string of the molecule is COc1cc(OC)c(OC)cc1CN=C(N)N1CCCCCC1.I. The number of benzene rings is 1. The Morgan fingerprint density at radius 1 is 0.958 bits per heavy atom. The van der Waals surface area contributed by atoms with E-state index in [1.165, 1.54) is 25.7 Å². The number of aliphatic imine (C=N–C) groups is 1. The van der Waals surface area contributed by atoms with Gasteiger partial charge in [0.05, 0.1) is 27.9 Å². The summed E-state index contributed by atoms with van der Waals surface area (Å²) in [6.07, 6.45) is 4.90. The highest BCUT2D eigenvalue weighted by molar-refractivity contribution is 14.0. The van der Waals surface area contributed by atoms with Gasteiger partial charge in [-0.15, -0.1) is 24.0 Å². The van der Waals surface area contributed by atoms with Crippen molar-refractivity contribution < 1.29 is 14.2 Å². The lowest BCUT2D eigenvalue weighted by Crippen LogP contribution is -2.38. The topological polar surface area (TPSA) is 69.3 Å². The van der Waals surface area contributed by atoms with E-state index in [4.69, 9.17) is 19.9 Å². The fourth-order valence-electron chi connectivity index (χ4n) is 2.78. The van der Waals surface area contributed by atoms with E-state index in [1.54, 1.807) is 21.3 Å². The molecular formula is C17H28IN3O3. The zero-order valence-electron chi connectivity index (χ0n) is 14.7. The molecule has 0 spiro atoms. The van der Waals surface area contributed by atoms with Crippen molar-refractivity contribution in [3.63, 3.8) is 0 Å². The standard InChI is InChI=1S/C17H27N3O3.HI/c1-21-14-11-16(23-3)15(22-2)10-13(14)12-19-17(18)20-8-6-4-5-7-9-20;/h10-11H,4-9,12H2,1-3H3,(H2,18,19);1H. The van der Waals surface area contributed by atoms with Crippen LogP contribution in [0.15, 0.2) is 17.1 Å². The molecule has 2 rings (SSSR count). The molecule has 136 valence electrons. The Morgan fingerprint density at radius 2 is 1.50 bits per heavy atom. The summed E-state index contributed by atoms with van der Waals surface area (Å²) in [5.74, 6) is 2.61. The molecule has 1 aliphatic rings. The van der Waals surface area contributed by atoms with Crippen LogP contribution in [0.25, 0.3) is 0 Å². The largest absolute Gasteiger partial charge is 0.496 e. The van der Waals surface area contributed by atoms with Gasteiger partial charge in [-0.2, -0.15) is 0 Å². The third kappa shape index (κ3) is 5.32. The Kier molecular flexibility index (Phi) is 9.02. The summed E-state index contributed by atoms with van der Waals surface area (Å²) < 4.78 is 16.1. The first kappa shape index (κ1) is 20.7. The molecule has 0 aromatic heterocycles. The third-order valence-electron chi connectivity index (χ3n) is 4.13. The number of halogens is 1. The molecule has 1 fully saturated rings. The number of guanidine groups is 1. The summed E-state index contributed by atoms with van der Waals surface area (Å²) in [6, 6.07) is 3.70. The number of methoxy groups -OCH3 is 3. The average molecular weight is 449 g/mol. The quantitative estimate of drug-likeness (QED) is 0.425. The van der Waals surface area contributed by atoms with Gasteiger partial charge in [0.25, 0.3) is 0 Å². The minimum Gasteiger partial charge on any atom is -0.496 e. The summed E-state index contributed by atoms with van der Waals surface area (Å²) in [7, 11) is 4.85. The molecule has 7 heteroatoms. The maximum atomic E-state index is 6.16. The van der Waals surface area contributed by atoms with E-state index >= 15 is 0 Å². The van der Waals surface area contributed by atoms with E-state index < -0.39 is 0 Å². The smallest absolute Gasteiger partial charge is 0.191 e. The molecule has 1 aromatic rings. The monoisotopic (exact) mass is 449 g/mol. The van der Waals surface area contributed by atoms with E-state index in [0.29, 0.717) is 24.0 Å². The molecule has 0 atom stereocenters. The zero-order valence-corrected chi connectivity index (χ0v) is 17.0. The highest BCUT2D eigenvalue weighted by atomic mass is 127. The second-order valence-electron chi connectivity index (χ2n) is 5.59. The molecule has 1 heterocycles. The second-order valence-corrected chi connectivity index (χ2v) is 5.59. The van der Waals surface area contributed by atoms with Crippen molar-refractivity contribution >= 4 is 29.9 Å². The Morgan fingerprint density at radius 3 is 2.04 bits per heavy atom. The minimum atomic E-state index is 0. The van der Waals surface area contributed by atoms with Crippen LogP contribution in [-0.4, -0.2) is 45.3 Å². The van der Waals surface area contributed by atoms with E-state index in [-0.39, 0.29) is 24.0 Å². The van der Waals surface area contributed by atoms with Crippen LogP contribution in [0.3, 0.4) is 0 Å². The number of rotatable bonds is 5. The van der Waals surface area contributed by atoms with Gasteiger partial charge in [0.2, 0.25) is 0 Å². The molecule has 24 heavy (non-hydrogen) atoms. The Hall–Kier alpha value is -1.38. The van der Waals surface area contributed by atoms with Crippen molar-refractivity contribution in [3.8, 4) is 17.2 Å². The van der Waals surface area contributed by atoms with Gasteiger partial charge in [-0.1, -0.05) is 12.8 Å². The van der Waals surface area contributed by atoms with Crippen molar-refractivity contribution in [1.82, 2.24) is 4.90 Å². The first-order chi connectivity index (χ1) is 11.2. The van der Waals surface area contributed by atoms with Crippen molar-refractivity contribution in [2.45, 2.75) is 32.2 Å². The Bertz CT molecular complexity index is 544. The maximum Gasteiger partial charge on any atom is 0.191 e. The summed E-state index contributed by atoms with van der Waals surface area (Å²) in [5.41, 5.74) is 7.08. The van der Waals surface area contributed by atoms with Gasteiger partial charge in [0, 0.05) is 24.7 Å². The number of nitrogens with zero attached hydrogens (tertiary/aromatic N) is 2. The molecule has 1 aliphatic heterocycles. The predicted molar refractivity (Wildman–Crippen MR) is 107 cm³/mol. The van der Waals surface area contributed by atoms with Gasteiger partial charge in [0.15, 0.2) is 17.5 Å². The molecular weight excluding hydrogens is 421 g/mol. The Balaban J connectivity index is 0.00000288. The van der Waals surface area contributed by atoms with Crippen LogP contribution < -0.4 is 19.9 Å². The first-order valence-electron chi connectivity index (χ1n) is 8.03. The first-order valence-corrected chi connectivity index (χ1v) is 8.03. The zero-order chi connectivity index (χ0) is 16.7. The van der Waals surface area contributed by atoms with Gasteiger partial charge < -0.3 is 24.8 Å². The molecule has 2 N–H and O–H groups in total. The lowest BCUT2D eigenvalue weighted by Gasteiger charge is -2.21. The second kappa shape index (κ2) is 10.5. The highest BCUT2D eigenvalue weighted by Gasteiger charge is 2.13. The van der Waals surface area contributed by atoms with Crippen LogP contribution in [0.2, 0.25) is 0 Å². The van der Waals surface area contributed by atoms with Crippen LogP contribution in [0, 0.1) is 0 Å². The van der Waals surface area contributed by atoms with Crippen LogP contribution >= 0.6 is 24.0 Å². The lowest BCUT2D eigenvalue weighted by atomic mass is 10.1. The number of likely N-dealkylation sites (tertiary alicyclic amines) is 1. The molecule has 0 saturated carbocycles.